The first-order chi connectivity index (χ1) is 16.1. The average Bonchev–Trinajstić information content (AvgIpc) is 3.25. The monoisotopic (exact) mass is 445 g/mol. The van der Waals surface area contributed by atoms with Crippen molar-refractivity contribution in [1.29, 1.82) is 0 Å². The van der Waals surface area contributed by atoms with Gasteiger partial charge in [0.05, 0.1) is 23.6 Å². The average molecular weight is 446 g/mol. The van der Waals surface area contributed by atoms with Crippen LogP contribution in [0.2, 0.25) is 0 Å². The zero-order chi connectivity index (χ0) is 22.6. The molecule has 33 heavy (non-hydrogen) atoms. The van der Waals surface area contributed by atoms with Gasteiger partial charge < -0.3 is 4.98 Å². The van der Waals surface area contributed by atoms with Crippen molar-refractivity contribution in [3.05, 3.63) is 96.1 Å². The van der Waals surface area contributed by atoms with Gasteiger partial charge in [-0.3, -0.25) is 14.8 Å². The van der Waals surface area contributed by atoms with Crippen molar-refractivity contribution in [1.82, 2.24) is 24.8 Å². The van der Waals surface area contributed by atoms with Gasteiger partial charge in [0, 0.05) is 50.0 Å². The second-order valence-electron chi connectivity index (χ2n) is 8.30. The number of nitrogens with one attached hydrogen (secondary N) is 1. The van der Waals surface area contributed by atoms with Crippen LogP contribution in [0, 0.1) is 11.6 Å². The minimum absolute atomic E-state index is 0.321. The summed E-state index contributed by atoms with van der Waals surface area (Å²) in [6, 6.07) is 18.7. The number of aromatic amines is 1. The van der Waals surface area contributed by atoms with Crippen molar-refractivity contribution in [2.75, 3.05) is 26.2 Å². The highest BCUT2D eigenvalue weighted by molar-refractivity contribution is 5.78. The van der Waals surface area contributed by atoms with E-state index in [-0.39, 0.29) is 11.6 Å². The molecule has 2 aromatic carbocycles. The molecule has 0 spiro atoms. The molecule has 2 aromatic heterocycles. The van der Waals surface area contributed by atoms with Crippen LogP contribution in [0.3, 0.4) is 0 Å². The number of aromatic nitrogens is 3. The summed E-state index contributed by atoms with van der Waals surface area (Å²) in [4.78, 5) is 17.3. The van der Waals surface area contributed by atoms with E-state index in [4.69, 9.17) is 4.98 Å². The Kier molecular flexibility index (Phi) is 6.24. The second-order valence-corrected chi connectivity index (χ2v) is 8.30. The van der Waals surface area contributed by atoms with Crippen LogP contribution in [0.15, 0.2) is 72.9 Å². The largest absolute Gasteiger partial charge is 0.340 e. The molecule has 7 heteroatoms. The highest BCUT2D eigenvalue weighted by Crippen LogP contribution is 2.31. The summed E-state index contributed by atoms with van der Waals surface area (Å²) in [6.07, 6.45) is 1.83. The highest BCUT2D eigenvalue weighted by Gasteiger charge is 2.21. The molecule has 0 aliphatic carbocycles. The fourth-order valence-corrected chi connectivity index (χ4v) is 4.23. The second kappa shape index (κ2) is 9.60. The molecular formula is C26H25F2N5. The Balaban J connectivity index is 1.33. The molecule has 0 unspecified atom stereocenters. The summed E-state index contributed by atoms with van der Waals surface area (Å²) in [6.45, 7) is 5.23. The molecule has 0 amide bonds. The molecule has 4 aromatic rings. The van der Waals surface area contributed by atoms with Gasteiger partial charge in [-0.1, -0.05) is 30.3 Å². The SMILES string of the molecule is Fc1cccc(-c2nc(CN3CCN(Cc4ccccn4)CC3)[nH]c2-c2cccc(F)c2)c1. The van der Waals surface area contributed by atoms with E-state index in [2.05, 4.69) is 25.8 Å². The number of rotatable bonds is 6. The van der Waals surface area contributed by atoms with Gasteiger partial charge in [0.2, 0.25) is 0 Å². The lowest BCUT2D eigenvalue weighted by Gasteiger charge is -2.34. The predicted octanol–water partition coefficient (Wildman–Crippen LogP) is 4.73. The molecule has 3 heterocycles. The maximum Gasteiger partial charge on any atom is 0.123 e. The minimum Gasteiger partial charge on any atom is -0.340 e. The molecule has 0 saturated carbocycles. The summed E-state index contributed by atoms with van der Waals surface area (Å²) < 4.78 is 27.8. The first kappa shape index (κ1) is 21.4. The Hall–Kier alpha value is -3.42. The maximum absolute atomic E-state index is 13.9. The number of imidazole rings is 1. The van der Waals surface area contributed by atoms with Crippen molar-refractivity contribution >= 4 is 0 Å². The Morgan fingerprint density at radius 3 is 2.09 bits per heavy atom. The zero-order valence-electron chi connectivity index (χ0n) is 18.2. The van der Waals surface area contributed by atoms with Gasteiger partial charge in [-0.25, -0.2) is 13.8 Å². The molecule has 1 aliphatic heterocycles. The Bertz CT molecular complexity index is 1150. The summed E-state index contributed by atoms with van der Waals surface area (Å²) in [5, 5.41) is 0. The van der Waals surface area contributed by atoms with E-state index in [9.17, 15) is 8.78 Å². The van der Waals surface area contributed by atoms with Crippen LogP contribution in [0.4, 0.5) is 8.78 Å². The number of hydrogen-bond acceptors (Lipinski definition) is 4. The number of halogens is 2. The van der Waals surface area contributed by atoms with Crippen molar-refractivity contribution in [3.8, 4) is 22.5 Å². The van der Waals surface area contributed by atoms with Gasteiger partial charge in [-0.15, -0.1) is 0 Å². The fourth-order valence-electron chi connectivity index (χ4n) is 4.23. The summed E-state index contributed by atoms with van der Waals surface area (Å²) in [5.74, 6) is 0.135. The standard InChI is InChI=1S/C26H25F2N5/c27-21-7-3-5-19(15-21)25-26(20-6-4-8-22(28)16-20)31-24(30-25)18-33-13-11-32(12-14-33)17-23-9-1-2-10-29-23/h1-10,15-16H,11-14,17-18H2,(H,30,31). The van der Waals surface area contributed by atoms with E-state index < -0.39 is 0 Å². The third kappa shape index (κ3) is 5.16. The van der Waals surface area contributed by atoms with E-state index >= 15 is 0 Å². The van der Waals surface area contributed by atoms with Gasteiger partial charge in [0.15, 0.2) is 0 Å². The molecule has 168 valence electrons. The number of pyridine rings is 1. The third-order valence-electron chi connectivity index (χ3n) is 5.91. The molecular weight excluding hydrogens is 420 g/mol. The van der Waals surface area contributed by atoms with Gasteiger partial charge in [-0.2, -0.15) is 0 Å². The summed E-state index contributed by atoms with van der Waals surface area (Å²) in [5.41, 5.74) is 3.76. The zero-order valence-corrected chi connectivity index (χ0v) is 18.2. The van der Waals surface area contributed by atoms with Gasteiger partial charge >= 0.3 is 0 Å². The number of nitrogens with zero attached hydrogens (tertiary/aromatic N) is 4. The van der Waals surface area contributed by atoms with Crippen LogP contribution >= 0.6 is 0 Å². The van der Waals surface area contributed by atoms with Crippen molar-refractivity contribution in [3.63, 3.8) is 0 Å². The Morgan fingerprint density at radius 1 is 0.758 bits per heavy atom. The van der Waals surface area contributed by atoms with Crippen molar-refractivity contribution in [2.45, 2.75) is 13.1 Å². The molecule has 1 aliphatic rings. The van der Waals surface area contributed by atoms with Gasteiger partial charge in [0.25, 0.3) is 0 Å². The van der Waals surface area contributed by atoms with E-state index in [1.165, 1.54) is 24.3 Å². The van der Waals surface area contributed by atoms with E-state index in [0.717, 1.165) is 44.2 Å². The first-order valence-electron chi connectivity index (χ1n) is 11.1. The molecule has 5 nitrogen and oxygen atoms in total. The van der Waals surface area contributed by atoms with E-state index in [1.807, 2.05) is 30.5 Å². The molecule has 0 bridgehead atoms. The van der Waals surface area contributed by atoms with Crippen LogP contribution < -0.4 is 0 Å². The van der Waals surface area contributed by atoms with Crippen molar-refractivity contribution in [2.24, 2.45) is 0 Å². The van der Waals surface area contributed by atoms with Gasteiger partial charge in [0.1, 0.15) is 17.5 Å². The van der Waals surface area contributed by atoms with Crippen LogP contribution in [0.25, 0.3) is 22.5 Å². The molecule has 1 fully saturated rings. The predicted molar refractivity (Wildman–Crippen MR) is 124 cm³/mol. The molecule has 1 N–H and O–H groups in total. The third-order valence-corrected chi connectivity index (χ3v) is 5.91. The normalized spacial score (nSPS) is 15.1. The number of hydrogen-bond donors (Lipinski definition) is 1. The molecule has 1 saturated heterocycles. The lowest BCUT2D eigenvalue weighted by molar-refractivity contribution is 0.119. The topological polar surface area (TPSA) is 48.1 Å². The van der Waals surface area contributed by atoms with Crippen molar-refractivity contribution < 1.29 is 8.78 Å². The van der Waals surface area contributed by atoms with E-state index in [0.29, 0.717) is 29.1 Å². The molecule has 0 atom stereocenters. The van der Waals surface area contributed by atoms with Crippen LogP contribution in [0.1, 0.15) is 11.5 Å². The summed E-state index contributed by atoms with van der Waals surface area (Å²) in [7, 11) is 0. The van der Waals surface area contributed by atoms with Crippen LogP contribution in [-0.2, 0) is 13.1 Å². The Labute approximate surface area is 191 Å². The number of H-pyrrole nitrogens is 1. The first-order valence-corrected chi connectivity index (χ1v) is 11.1. The smallest absolute Gasteiger partial charge is 0.123 e. The van der Waals surface area contributed by atoms with Gasteiger partial charge in [-0.05, 0) is 36.4 Å². The fraction of sp³-hybridized carbons (Fsp3) is 0.231. The molecule has 5 rings (SSSR count). The summed E-state index contributed by atoms with van der Waals surface area (Å²) >= 11 is 0. The lowest BCUT2D eigenvalue weighted by atomic mass is 10.0. The molecule has 0 radical (unpaired) electrons. The maximum atomic E-state index is 13.9. The highest BCUT2D eigenvalue weighted by atomic mass is 19.1. The number of benzene rings is 2. The lowest BCUT2D eigenvalue weighted by Crippen LogP contribution is -2.45. The minimum atomic E-state index is -0.328. The van der Waals surface area contributed by atoms with E-state index in [1.54, 1.807) is 12.1 Å². The van der Waals surface area contributed by atoms with Crippen LogP contribution in [0.5, 0.6) is 0 Å². The quantitative estimate of drug-likeness (QED) is 0.466. The number of piperazine rings is 1. The van der Waals surface area contributed by atoms with Crippen LogP contribution in [-0.4, -0.2) is 50.9 Å². The Morgan fingerprint density at radius 2 is 1.42 bits per heavy atom.